The van der Waals surface area contributed by atoms with Crippen LogP contribution in [0.25, 0.3) is 92.8 Å². The van der Waals surface area contributed by atoms with Crippen LogP contribution in [0.4, 0.5) is 85.3 Å². The fourth-order valence-corrected chi connectivity index (χ4v) is 23.7. The van der Waals surface area contributed by atoms with E-state index in [2.05, 4.69) is 471 Å². The predicted octanol–water partition coefficient (Wildman–Crippen LogP) is 38.6. The summed E-state index contributed by atoms with van der Waals surface area (Å²) in [6, 6.07) is 138. The summed E-state index contributed by atoms with van der Waals surface area (Å²) in [6.45, 7) is 30.7. The van der Waals surface area contributed by atoms with Crippen molar-refractivity contribution in [3.63, 3.8) is 0 Å². The van der Waals surface area contributed by atoms with Crippen LogP contribution in [0.1, 0.15) is 160 Å². The van der Waals surface area contributed by atoms with Gasteiger partial charge in [-0.2, -0.15) is 0 Å². The molecule has 0 spiro atoms. The molecule has 4 aromatic heterocycles. The largest absolute Gasteiger partial charge is 0.310 e. The molecule has 0 unspecified atom stereocenters. The molecule has 0 amide bonds. The van der Waals surface area contributed by atoms with Crippen LogP contribution in [0.5, 0.6) is 0 Å². The smallest absolute Gasteiger partial charge is 0.0476 e. The van der Waals surface area contributed by atoms with Gasteiger partial charge in [-0.25, -0.2) is 0 Å². The molecule has 21 aromatic rings. The van der Waals surface area contributed by atoms with Crippen molar-refractivity contribution < 1.29 is 0 Å². The van der Waals surface area contributed by atoms with E-state index in [-0.39, 0.29) is 0 Å². The van der Waals surface area contributed by atoms with Crippen molar-refractivity contribution in [3.05, 3.63) is 438 Å². The minimum atomic E-state index is 0.396. The van der Waals surface area contributed by atoms with Gasteiger partial charge in [0.25, 0.3) is 0 Å². The van der Waals surface area contributed by atoms with Gasteiger partial charge in [0.1, 0.15) is 0 Å². The minimum Gasteiger partial charge on any atom is -0.310 e. The van der Waals surface area contributed by atoms with Gasteiger partial charge in [0, 0.05) is 166 Å². The minimum absolute atomic E-state index is 0.396. The van der Waals surface area contributed by atoms with Crippen molar-refractivity contribution in [3.8, 4) is 0 Å². The summed E-state index contributed by atoms with van der Waals surface area (Å²) in [5.41, 5.74) is 30.8. The Hall–Kier alpha value is -13.9. The molecule has 0 atom stereocenters. The number of benzene rings is 17. The highest BCUT2D eigenvalue weighted by atomic mass is 32.1. The first kappa shape index (κ1) is 84.9. The quantitative estimate of drug-likeness (QED) is 0.0535. The summed E-state index contributed by atoms with van der Waals surface area (Å²) in [5, 5.41) is 10.0. The van der Waals surface area contributed by atoms with E-state index in [0.717, 1.165) is 109 Å². The first-order chi connectivity index (χ1) is 64.3. The Morgan fingerprint density at radius 3 is 0.568 bits per heavy atom. The van der Waals surface area contributed by atoms with Gasteiger partial charge in [-0.1, -0.05) is 277 Å². The van der Waals surface area contributed by atoms with E-state index in [1.54, 1.807) is 0 Å². The molecule has 0 N–H and O–H groups in total. The highest BCUT2D eigenvalue weighted by Crippen LogP contribution is 2.51. The van der Waals surface area contributed by atoms with Crippen molar-refractivity contribution in [1.82, 2.24) is 0 Å². The van der Waals surface area contributed by atoms with Gasteiger partial charge in [-0.3, -0.25) is 0 Å². The summed E-state index contributed by atoms with van der Waals surface area (Å²) in [4.78, 5) is 12.2. The molecule has 5 nitrogen and oxygen atoms in total. The molecule has 0 aliphatic heterocycles. The lowest BCUT2D eigenvalue weighted by Crippen LogP contribution is -2.10. The average molecular weight is 1780 g/mol. The van der Waals surface area contributed by atoms with Crippen LogP contribution in [0.15, 0.2) is 377 Å². The van der Waals surface area contributed by atoms with Crippen molar-refractivity contribution in [2.24, 2.45) is 0 Å². The van der Waals surface area contributed by atoms with E-state index in [1.165, 1.54) is 131 Å². The van der Waals surface area contributed by atoms with Gasteiger partial charge in [0.15, 0.2) is 0 Å². The Kier molecular flexibility index (Phi) is 23.0. The molecule has 646 valence electrons. The zero-order chi connectivity index (χ0) is 90.1. The van der Waals surface area contributed by atoms with Crippen molar-refractivity contribution >= 4 is 223 Å². The Labute approximate surface area is 791 Å². The molecule has 0 aliphatic rings. The fraction of sp³-hybridized carbons (Fsp3) is 0.138. The van der Waals surface area contributed by atoms with E-state index >= 15 is 0 Å². The number of hydrogen-bond donors (Lipinski definition) is 0. The molecule has 0 bridgehead atoms. The molecule has 0 saturated carbocycles. The number of nitrogens with zero attached hydrogens (tertiary/aromatic N) is 5. The second kappa shape index (κ2) is 35.8. The number of fused-ring (bicyclic) bond motifs is 12. The SMILES string of the molecule is C=Cc1ccc(Cc2ccc(N(c3ccc(C(C)C)cc3)c3ccc4c(c3)sc3cc(N(c5ccc(C(C)C)cc5)c5ccc6c(c5)sc5cc(N(c7ccc(C(C)C)cc7)c7ccc8c(c7)sc7cc(N(c9ccc(C(C)C)cc9)c9ccc%10c(c9)sc9cc(N(c%11ccc(C(C)C)cc%11)c%11cccc(Cc%12ccc(C=C)cc%12)c%11)ccc9%10)ccc78)ccc56)ccc34)cc2)cc1. The summed E-state index contributed by atoms with van der Waals surface area (Å²) in [5.74, 6) is 2.06. The second-order valence-electron chi connectivity index (χ2n) is 36.8. The van der Waals surface area contributed by atoms with Crippen molar-refractivity contribution in [1.29, 1.82) is 0 Å². The molecular weight excluding hydrogens is 1680 g/mol. The van der Waals surface area contributed by atoms with E-state index in [9.17, 15) is 0 Å². The Morgan fingerprint density at radius 1 is 0.189 bits per heavy atom. The monoisotopic (exact) mass is 1780 g/mol. The summed E-state index contributed by atoms with van der Waals surface area (Å²) >= 11 is 7.49. The lowest BCUT2D eigenvalue weighted by atomic mass is 10.0. The highest BCUT2D eigenvalue weighted by molar-refractivity contribution is 7.27. The third-order valence-corrected chi connectivity index (χ3v) is 31.0. The van der Waals surface area contributed by atoms with E-state index in [0.29, 0.717) is 29.6 Å². The van der Waals surface area contributed by atoms with E-state index in [4.69, 9.17) is 0 Å². The molecule has 132 heavy (non-hydrogen) atoms. The predicted molar refractivity (Wildman–Crippen MR) is 581 cm³/mol. The van der Waals surface area contributed by atoms with E-state index < -0.39 is 0 Å². The lowest BCUT2D eigenvalue weighted by molar-refractivity contribution is 0.866. The van der Waals surface area contributed by atoms with Gasteiger partial charge < -0.3 is 24.5 Å². The maximum absolute atomic E-state index is 3.99. The van der Waals surface area contributed by atoms with Crippen molar-refractivity contribution in [2.45, 2.75) is 112 Å². The fourth-order valence-electron chi connectivity index (χ4n) is 19.0. The van der Waals surface area contributed by atoms with Crippen LogP contribution in [-0.4, -0.2) is 0 Å². The molecule has 21 rings (SSSR count). The molecule has 9 heteroatoms. The molecule has 17 aromatic carbocycles. The first-order valence-corrected chi connectivity index (χ1v) is 49.6. The summed E-state index contributed by atoms with van der Waals surface area (Å²) in [7, 11) is 0. The Balaban J connectivity index is 0.607. The normalized spacial score (nSPS) is 11.9. The zero-order valence-electron chi connectivity index (χ0n) is 76.4. The van der Waals surface area contributed by atoms with Gasteiger partial charge in [-0.05, 0) is 286 Å². The zero-order valence-corrected chi connectivity index (χ0v) is 79.6. The Morgan fingerprint density at radius 2 is 0.364 bits per heavy atom. The van der Waals surface area contributed by atoms with Crippen LogP contribution < -0.4 is 24.5 Å². The van der Waals surface area contributed by atoms with Crippen molar-refractivity contribution in [2.75, 3.05) is 24.5 Å². The molecule has 0 radical (unpaired) electrons. The highest BCUT2D eigenvalue weighted by Gasteiger charge is 2.26. The maximum Gasteiger partial charge on any atom is 0.0476 e. The first-order valence-electron chi connectivity index (χ1n) is 46.3. The van der Waals surface area contributed by atoms with Gasteiger partial charge in [0.05, 0.1) is 0 Å². The van der Waals surface area contributed by atoms with Crippen LogP contribution >= 0.6 is 45.3 Å². The Bertz CT molecular complexity index is 7880. The standard InChI is InChI=1S/C123H105N5S4/c1-13-82-18-22-84(23-19-82)66-86-26-38-93(39-27-86)124(94-40-28-88(29-41-94)77(3)4)100-50-58-108-110-60-52-102(71-118(110)129-116(108)69-100)126(96-44-32-90(33-45-96)79(7)8)104-54-62-112-114-64-56-106(75-122(114)131-120(112)73-104)128(98-48-36-92(37-49-98)81(11)12)107-57-65-115-113-63-55-105(74-121(113)132-123(115)76-107)127(97-46-34-91(35-47-97)80(9)10)103-53-61-111-109-59-51-101(70-117(109)130-119(111)72-103)125(95-42-30-89(31-43-95)78(5)6)99-17-15-16-87(68-99)67-85-24-20-83(14-2)21-25-85/h13-65,68-81H,1-2,66-67H2,3-12H3. The molecule has 0 fully saturated rings. The van der Waals surface area contributed by atoms with E-state index in [1.807, 2.05) is 57.5 Å². The summed E-state index contributed by atoms with van der Waals surface area (Å²) < 4.78 is 9.93. The average Bonchev–Trinajstić information content (AvgIpc) is 1.62. The molecule has 4 heterocycles. The molecule has 0 aliphatic carbocycles. The molecule has 0 saturated heterocycles. The maximum atomic E-state index is 3.99. The van der Waals surface area contributed by atoms with Gasteiger partial charge in [-0.15, -0.1) is 45.3 Å². The van der Waals surface area contributed by atoms with Crippen LogP contribution in [0.2, 0.25) is 0 Å². The lowest BCUT2D eigenvalue weighted by Gasteiger charge is -2.26. The molecular formula is C123H105N5S4. The summed E-state index contributed by atoms with van der Waals surface area (Å²) in [6.07, 6.45) is 5.50. The third-order valence-electron chi connectivity index (χ3n) is 26.5. The van der Waals surface area contributed by atoms with Crippen LogP contribution in [0, 0.1) is 0 Å². The topological polar surface area (TPSA) is 16.2 Å². The van der Waals surface area contributed by atoms with Gasteiger partial charge in [0.2, 0.25) is 0 Å². The van der Waals surface area contributed by atoms with Crippen LogP contribution in [-0.2, 0) is 12.8 Å². The number of thiophene rings is 4. The van der Waals surface area contributed by atoms with Gasteiger partial charge >= 0.3 is 0 Å². The number of anilines is 15. The second-order valence-corrected chi connectivity index (χ2v) is 41.2. The number of hydrogen-bond acceptors (Lipinski definition) is 9. The van der Waals surface area contributed by atoms with Crippen LogP contribution in [0.3, 0.4) is 0 Å². The third kappa shape index (κ3) is 16.6. The number of rotatable bonds is 26.